The molecule has 0 radical (unpaired) electrons. The first-order valence-electron chi connectivity index (χ1n) is 13.5. The number of hydrogen-bond acceptors (Lipinski definition) is 6. The maximum Gasteiger partial charge on any atom is 0.331 e. The number of piperidine rings is 2. The fraction of sp³-hybridized carbons (Fsp3) is 0.500. The Morgan fingerprint density at radius 2 is 1.60 bits per heavy atom. The molecule has 5 rings (SSSR count). The van der Waals surface area contributed by atoms with Crippen LogP contribution in [0.4, 0.5) is 10.5 Å². The summed E-state index contributed by atoms with van der Waals surface area (Å²) in [6, 6.07) is 11.1. The molecule has 3 saturated heterocycles. The molecule has 3 fully saturated rings. The molecule has 2 aromatic rings. The molecule has 0 bridgehead atoms. The Kier molecular flexibility index (Phi) is 8.25. The molecule has 216 valence electrons. The smallest absolute Gasteiger partial charge is 0.331 e. The summed E-state index contributed by atoms with van der Waals surface area (Å²) < 4.78 is 34.0. The van der Waals surface area contributed by atoms with E-state index in [0.717, 1.165) is 38.8 Å². The van der Waals surface area contributed by atoms with E-state index >= 15 is 0 Å². The lowest BCUT2D eigenvalue weighted by Crippen LogP contribution is -2.58. The third kappa shape index (κ3) is 6.20. The van der Waals surface area contributed by atoms with Crippen LogP contribution >= 0.6 is 23.2 Å². The first-order chi connectivity index (χ1) is 18.9. The highest BCUT2D eigenvalue weighted by atomic mass is 35.5. The molecular weight excluding hydrogens is 575 g/mol. The van der Waals surface area contributed by atoms with Gasteiger partial charge in [-0.2, -0.15) is 0 Å². The van der Waals surface area contributed by atoms with Gasteiger partial charge in [0.25, 0.3) is 10.0 Å². The van der Waals surface area contributed by atoms with E-state index in [2.05, 4.69) is 9.62 Å². The third-order valence-electron chi connectivity index (χ3n) is 8.00. The minimum Gasteiger partial charge on any atom is -0.490 e. The minimum atomic E-state index is -4.03. The molecule has 9 nitrogen and oxygen atoms in total. The molecule has 0 atom stereocenters. The zero-order valence-corrected chi connectivity index (χ0v) is 24.9. The summed E-state index contributed by atoms with van der Waals surface area (Å²) in [7, 11) is -4.03. The fourth-order valence-corrected chi connectivity index (χ4v) is 6.86. The molecule has 0 unspecified atom stereocenters. The van der Waals surface area contributed by atoms with Crippen LogP contribution in [0.5, 0.6) is 5.75 Å². The molecule has 3 heterocycles. The van der Waals surface area contributed by atoms with Crippen molar-refractivity contribution in [3.63, 3.8) is 0 Å². The Labute approximate surface area is 245 Å². The van der Waals surface area contributed by atoms with Crippen molar-refractivity contribution in [2.24, 2.45) is 5.41 Å². The molecular formula is C28H34Cl2N4O5S. The summed E-state index contributed by atoms with van der Waals surface area (Å²) in [5, 5.41) is 0.975. The number of amides is 3. The Morgan fingerprint density at radius 3 is 2.17 bits per heavy atom. The number of anilines is 1. The van der Waals surface area contributed by atoms with Gasteiger partial charge >= 0.3 is 6.03 Å². The topological polar surface area (TPSA) is 99.3 Å². The quantitative estimate of drug-likeness (QED) is 0.474. The average molecular weight is 610 g/mol. The number of rotatable bonds is 6. The summed E-state index contributed by atoms with van der Waals surface area (Å²) in [6.45, 7) is 7.09. The second kappa shape index (κ2) is 11.4. The highest BCUT2D eigenvalue weighted by Crippen LogP contribution is 2.35. The normalized spacial score (nSPS) is 20.8. The number of carbonyl (C=O) groups is 2. The van der Waals surface area contributed by atoms with E-state index < -0.39 is 21.5 Å². The Balaban J connectivity index is 1.07. The average Bonchev–Trinajstić information content (AvgIpc) is 2.94. The minimum absolute atomic E-state index is 0.000756. The van der Waals surface area contributed by atoms with Crippen molar-refractivity contribution in [2.45, 2.75) is 56.6 Å². The molecule has 12 heteroatoms. The number of hydrogen-bond donors (Lipinski definition) is 1. The lowest BCUT2D eigenvalue weighted by atomic mass is 9.83. The zero-order chi connectivity index (χ0) is 28.7. The summed E-state index contributed by atoms with van der Waals surface area (Å²) in [5.41, 5.74) is 0.242. The van der Waals surface area contributed by atoms with Gasteiger partial charge in [0.2, 0.25) is 5.91 Å². The third-order valence-corrected chi connectivity index (χ3v) is 10.1. The Bertz CT molecular complexity index is 1370. The van der Waals surface area contributed by atoms with Gasteiger partial charge in [-0.1, -0.05) is 23.2 Å². The molecule has 3 amide bonds. The first-order valence-corrected chi connectivity index (χ1v) is 15.8. The van der Waals surface area contributed by atoms with Crippen molar-refractivity contribution >= 4 is 50.9 Å². The van der Waals surface area contributed by atoms with E-state index in [9.17, 15) is 18.0 Å². The maximum absolute atomic E-state index is 12.9. The van der Waals surface area contributed by atoms with E-state index in [1.807, 2.05) is 19.9 Å². The van der Waals surface area contributed by atoms with Crippen molar-refractivity contribution in [1.82, 2.24) is 14.5 Å². The van der Waals surface area contributed by atoms with Crippen LogP contribution in [-0.2, 0) is 14.8 Å². The van der Waals surface area contributed by atoms with Crippen LogP contribution in [-0.4, -0.2) is 75.0 Å². The molecule has 0 aliphatic carbocycles. The van der Waals surface area contributed by atoms with Crippen molar-refractivity contribution in [2.75, 3.05) is 37.6 Å². The predicted molar refractivity (Wildman–Crippen MR) is 155 cm³/mol. The number of likely N-dealkylation sites (tertiary alicyclic amines) is 2. The second-order valence-electron chi connectivity index (χ2n) is 11.3. The number of halogens is 2. The van der Waals surface area contributed by atoms with E-state index in [1.165, 1.54) is 12.1 Å². The van der Waals surface area contributed by atoms with Crippen LogP contribution in [0.2, 0.25) is 10.0 Å². The van der Waals surface area contributed by atoms with Gasteiger partial charge in [-0.3, -0.25) is 9.69 Å². The lowest BCUT2D eigenvalue weighted by Gasteiger charge is -2.44. The van der Waals surface area contributed by atoms with Crippen LogP contribution in [0.15, 0.2) is 47.4 Å². The number of urea groups is 1. The van der Waals surface area contributed by atoms with E-state index in [4.69, 9.17) is 27.9 Å². The van der Waals surface area contributed by atoms with Gasteiger partial charge in [-0.15, -0.1) is 0 Å². The number of β-lactam (4-membered cyclic amide) rings is 1. The summed E-state index contributed by atoms with van der Waals surface area (Å²) in [4.78, 5) is 30.6. The molecule has 2 aromatic carbocycles. The van der Waals surface area contributed by atoms with Crippen LogP contribution in [0.1, 0.15) is 39.5 Å². The lowest BCUT2D eigenvalue weighted by molar-refractivity contribution is -0.132. The number of ether oxygens (including phenoxy) is 1. The standard InChI is InChI=1S/C28H34Cl2N4O5S/c1-28(2)18-34(26(28)35)20-3-6-23(7-4-20)40(37,38)31-27(36)33-13-9-19(10-14-33)32-15-11-21(12-16-32)39-22-5-8-24(29)25(30)17-22/h3-8,17,19,21H,9-16,18H2,1-2H3,(H,31,36). The Hall–Kier alpha value is -2.53. The highest BCUT2D eigenvalue weighted by molar-refractivity contribution is 7.90. The molecule has 1 N–H and O–H groups in total. The van der Waals surface area contributed by atoms with Crippen molar-refractivity contribution in [1.29, 1.82) is 0 Å². The molecule has 0 saturated carbocycles. The highest BCUT2D eigenvalue weighted by Gasteiger charge is 2.44. The zero-order valence-electron chi connectivity index (χ0n) is 22.6. The monoisotopic (exact) mass is 608 g/mol. The fourth-order valence-electron chi connectivity index (χ4n) is 5.60. The number of nitrogens with zero attached hydrogens (tertiary/aromatic N) is 3. The number of carbonyl (C=O) groups excluding carboxylic acids is 2. The van der Waals surface area contributed by atoms with Crippen molar-refractivity contribution in [3.8, 4) is 5.75 Å². The van der Waals surface area contributed by atoms with Crippen molar-refractivity contribution < 1.29 is 22.7 Å². The summed E-state index contributed by atoms with van der Waals surface area (Å²) >= 11 is 12.1. The predicted octanol–water partition coefficient (Wildman–Crippen LogP) is 4.77. The summed E-state index contributed by atoms with van der Waals surface area (Å²) in [6.07, 6.45) is 3.45. The largest absolute Gasteiger partial charge is 0.490 e. The van der Waals surface area contributed by atoms with Gasteiger partial charge in [0.15, 0.2) is 0 Å². The van der Waals surface area contributed by atoms with Gasteiger partial charge in [0.05, 0.1) is 20.4 Å². The Morgan fingerprint density at radius 1 is 0.950 bits per heavy atom. The SMILES string of the molecule is CC1(C)CN(c2ccc(S(=O)(=O)NC(=O)N3CCC(N4CCC(Oc5ccc(Cl)c(Cl)c5)CC4)CC3)cc2)C1=O. The van der Waals surface area contributed by atoms with E-state index in [1.54, 1.807) is 34.1 Å². The summed E-state index contributed by atoms with van der Waals surface area (Å²) in [5.74, 6) is 0.717. The number of nitrogens with one attached hydrogen (secondary N) is 1. The van der Waals surface area contributed by atoms with Gasteiger partial charge in [0.1, 0.15) is 11.9 Å². The van der Waals surface area contributed by atoms with Gasteiger partial charge in [-0.25, -0.2) is 17.9 Å². The van der Waals surface area contributed by atoms with Crippen LogP contribution in [0.25, 0.3) is 0 Å². The van der Waals surface area contributed by atoms with E-state index in [0.29, 0.717) is 47.2 Å². The van der Waals surface area contributed by atoms with Crippen LogP contribution in [0, 0.1) is 5.41 Å². The molecule has 0 aromatic heterocycles. The van der Waals surface area contributed by atoms with Crippen molar-refractivity contribution in [3.05, 3.63) is 52.5 Å². The first kappa shape index (κ1) is 29.0. The van der Waals surface area contributed by atoms with E-state index in [-0.39, 0.29) is 16.9 Å². The van der Waals surface area contributed by atoms with Crippen LogP contribution < -0.4 is 14.4 Å². The number of sulfonamides is 1. The van der Waals surface area contributed by atoms with Gasteiger partial charge in [0, 0.05) is 50.5 Å². The van der Waals surface area contributed by atoms with Gasteiger partial charge in [-0.05, 0) is 75.9 Å². The molecule has 0 spiro atoms. The maximum atomic E-state index is 12.9. The second-order valence-corrected chi connectivity index (χ2v) is 13.8. The van der Waals surface area contributed by atoms with Gasteiger partial charge < -0.3 is 14.5 Å². The van der Waals surface area contributed by atoms with Crippen LogP contribution in [0.3, 0.4) is 0 Å². The molecule has 40 heavy (non-hydrogen) atoms. The molecule has 3 aliphatic heterocycles. The number of benzene rings is 2. The molecule has 3 aliphatic rings.